The van der Waals surface area contributed by atoms with E-state index in [-0.39, 0.29) is 0 Å². The van der Waals surface area contributed by atoms with Gasteiger partial charge in [-0.1, -0.05) is 30.8 Å². The maximum atomic E-state index is 11.7. The summed E-state index contributed by atoms with van der Waals surface area (Å²) in [5, 5.41) is 10.7. The Balaban J connectivity index is 2.20. The molecule has 2 aromatic rings. The van der Waals surface area contributed by atoms with E-state index < -0.39 is 18.2 Å². The second-order valence-corrected chi connectivity index (χ2v) is 5.45. The normalized spacial score (nSPS) is 12.8. The van der Waals surface area contributed by atoms with E-state index in [0.29, 0.717) is 17.7 Å². The molecule has 25 heavy (non-hydrogen) atoms. The fourth-order valence-electron chi connectivity index (χ4n) is 2.42. The minimum Gasteiger partial charge on any atom is -0.497 e. The zero-order chi connectivity index (χ0) is 18.2. The molecular formula is C20H22O5. The Kier molecular flexibility index (Phi) is 6.60. The van der Waals surface area contributed by atoms with Crippen molar-refractivity contribution in [1.82, 2.24) is 0 Å². The Morgan fingerprint density at radius 2 is 1.56 bits per heavy atom. The van der Waals surface area contributed by atoms with Crippen LogP contribution in [0.3, 0.4) is 0 Å². The summed E-state index contributed by atoms with van der Waals surface area (Å²) in [6.07, 6.45) is -0.275. The maximum Gasteiger partial charge on any atom is 0.330 e. The van der Waals surface area contributed by atoms with Crippen LogP contribution in [0.5, 0.6) is 11.5 Å². The SMILES string of the molecule is C=CC(=O)OC(Cc1ccc(OC)cc1)C(O)c1ccc(OC)cc1. The van der Waals surface area contributed by atoms with Gasteiger partial charge in [0.25, 0.3) is 0 Å². The van der Waals surface area contributed by atoms with Gasteiger partial charge in [0, 0.05) is 12.5 Å². The molecule has 5 nitrogen and oxygen atoms in total. The average molecular weight is 342 g/mol. The van der Waals surface area contributed by atoms with Gasteiger partial charge in [0.2, 0.25) is 0 Å². The van der Waals surface area contributed by atoms with Crippen molar-refractivity contribution in [3.8, 4) is 11.5 Å². The number of hydrogen-bond donors (Lipinski definition) is 1. The third-order valence-electron chi connectivity index (χ3n) is 3.84. The Morgan fingerprint density at radius 3 is 2.04 bits per heavy atom. The van der Waals surface area contributed by atoms with Crippen LogP contribution in [0.2, 0.25) is 0 Å². The highest BCUT2D eigenvalue weighted by atomic mass is 16.6. The van der Waals surface area contributed by atoms with Crippen LogP contribution in [-0.4, -0.2) is 31.4 Å². The lowest BCUT2D eigenvalue weighted by Gasteiger charge is -2.23. The smallest absolute Gasteiger partial charge is 0.330 e. The van der Waals surface area contributed by atoms with E-state index in [1.165, 1.54) is 0 Å². The fourth-order valence-corrected chi connectivity index (χ4v) is 2.42. The van der Waals surface area contributed by atoms with Crippen molar-refractivity contribution >= 4 is 5.97 Å². The van der Waals surface area contributed by atoms with Crippen molar-refractivity contribution in [2.75, 3.05) is 14.2 Å². The summed E-state index contributed by atoms with van der Waals surface area (Å²) < 4.78 is 15.6. The minimum atomic E-state index is -0.975. The highest BCUT2D eigenvalue weighted by molar-refractivity contribution is 5.81. The molecule has 2 rings (SSSR count). The van der Waals surface area contributed by atoms with Gasteiger partial charge in [0.05, 0.1) is 14.2 Å². The standard InChI is InChI=1S/C20H22O5/c1-4-19(21)25-18(13-14-5-9-16(23-2)10-6-14)20(22)15-7-11-17(24-3)12-8-15/h4-12,18,20,22H,1,13H2,2-3H3. The number of carbonyl (C=O) groups is 1. The highest BCUT2D eigenvalue weighted by Crippen LogP contribution is 2.25. The predicted octanol–water partition coefficient (Wildman–Crippen LogP) is 3.08. The van der Waals surface area contributed by atoms with Gasteiger partial charge in [-0.05, 0) is 35.4 Å². The van der Waals surface area contributed by atoms with E-state index >= 15 is 0 Å². The summed E-state index contributed by atoms with van der Waals surface area (Å²) in [7, 11) is 3.17. The first-order valence-corrected chi connectivity index (χ1v) is 7.85. The van der Waals surface area contributed by atoms with Gasteiger partial charge >= 0.3 is 5.97 Å². The molecule has 0 spiro atoms. The molecule has 0 aliphatic carbocycles. The van der Waals surface area contributed by atoms with Gasteiger partial charge in [-0.2, -0.15) is 0 Å². The second kappa shape index (κ2) is 8.89. The van der Waals surface area contributed by atoms with E-state index in [2.05, 4.69) is 6.58 Å². The summed E-state index contributed by atoms with van der Waals surface area (Å²) in [4.78, 5) is 11.7. The van der Waals surface area contributed by atoms with Crippen LogP contribution in [0.25, 0.3) is 0 Å². The van der Waals surface area contributed by atoms with Crippen LogP contribution in [-0.2, 0) is 16.0 Å². The van der Waals surface area contributed by atoms with Crippen molar-refractivity contribution in [2.45, 2.75) is 18.6 Å². The molecule has 0 aliphatic heterocycles. The van der Waals surface area contributed by atoms with Crippen molar-refractivity contribution in [2.24, 2.45) is 0 Å². The molecule has 0 heterocycles. The molecule has 2 aromatic carbocycles. The molecule has 5 heteroatoms. The number of aliphatic hydroxyl groups excluding tert-OH is 1. The first-order chi connectivity index (χ1) is 12.1. The largest absolute Gasteiger partial charge is 0.497 e. The molecule has 2 atom stereocenters. The van der Waals surface area contributed by atoms with Gasteiger partial charge in [-0.25, -0.2) is 4.79 Å². The molecule has 0 saturated carbocycles. The van der Waals surface area contributed by atoms with Gasteiger partial charge in [-0.15, -0.1) is 0 Å². The second-order valence-electron chi connectivity index (χ2n) is 5.45. The molecule has 0 fully saturated rings. The number of ether oxygens (including phenoxy) is 3. The lowest BCUT2D eigenvalue weighted by atomic mass is 9.98. The monoisotopic (exact) mass is 342 g/mol. The molecule has 0 bridgehead atoms. The van der Waals surface area contributed by atoms with Crippen molar-refractivity contribution in [1.29, 1.82) is 0 Å². The van der Waals surface area contributed by atoms with Crippen molar-refractivity contribution < 1.29 is 24.1 Å². The number of hydrogen-bond acceptors (Lipinski definition) is 5. The first kappa shape index (κ1) is 18.5. The highest BCUT2D eigenvalue weighted by Gasteiger charge is 2.24. The van der Waals surface area contributed by atoms with Gasteiger partial charge in [0.15, 0.2) is 0 Å². The molecule has 0 radical (unpaired) electrons. The predicted molar refractivity (Wildman–Crippen MR) is 94.7 cm³/mol. The Bertz CT molecular complexity index is 691. The summed E-state index contributed by atoms with van der Waals surface area (Å²) in [5.74, 6) is 0.843. The summed E-state index contributed by atoms with van der Waals surface area (Å²) >= 11 is 0. The maximum absolute atomic E-state index is 11.7. The van der Waals surface area contributed by atoms with Gasteiger partial charge in [-0.3, -0.25) is 0 Å². The Labute approximate surface area is 147 Å². The first-order valence-electron chi connectivity index (χ1n) is 7.85. The molecule has 0 saturated heterocycles. The van der Waals surface area contributed by atoms with Gasteiger partial charge < -0.3 is 19.3 Å². The molecular weight excluding hydrogens is 320 g/mol. The van der Waals surface area contributed by atoms with E-state index in [9.17, 15) is 9.90 Å². The quantitative estimate of drug-likeness (QED) is 0.590. The Hall–Kier alpha value is -2.79. The number of aliphatic hydroxyl groups is 1. The van der Waals surface area contributed by atoms with Gasteiger partial charge in [0.1, 0.15) is 23.7 Å². The summed E-state index contributed by atoms with van der Waals surface area (Å²) in [6.45, 7) is 3.41. The van der Waals surface area contributed by atoms with Crippen LogP contribution in [0.1, 0.15) is 17.2 Å². The number of esters is 1. The Morgan fingerprint density at radius 1 is 1.04 bits per heavy atom. The van der Waals surface area contributed by atoms with E-state index in [1.807, 2.05) is 24.3 Å². The molecule has 0 amide bonds. The number of benzene rings is 2. The van der Waals surface area contributed by atoms with Crippen LogP contribution in [0.15, 0.2) is 61.2 Å². The zero-order valence-electron chi connectivity index (χ0n) is 14.3. The van der Waals surface area contributed by atoms with E-state index in [4.69, 9.17) is 14.2 Å². The van der Waals surface area contributed by atoms with Crippen LogP contribution in [0.4, 0.5) is 0 Å². The van der Waals surface area contributed by atoms with E-state index in [1.54, 1.807) is 38.5 Å². The summed E-state index contributed by atoms with van der Waals surface area (Å²) in [5.41, 5.74) is 1.55. The van der Waals surface area contributed by atoms with Crippen LogP contribution in [0, 0.1) is 0 Å². The lowest BCUT2D eigenvalue weighted by Crippen LogP contribution is -2.27. The summed E-state index contributed by atoms with van der Waals surface area (Å²) in [6, 6.07) is 14.4. The average Bonchev–Trinajstić information content (AvgIpc) is 2.67. The zero-order valence-corrected chi connectivity index (χ0v) is 14.3. The van der Waals surface area contributed by atoms with E-state index in [0.717, 1.165) is 17.4 Å². The number of methoxy groups -OCH3 is 2. The lowest BCUT2D eigenvalue weighted by molar-refractivity contribution is -0.149. The van der Waals surface area contributed by atoms with Crippen molar-refractivity contribution in [3.63, 3.8) is 0 Å². The molecule has 1 N–H and O–H groups in total. The minimum absolute atomic E-state index is 0.358. The number of rotatable bonds is 8. The van der Waals surface area contributed by atoms with Crippen LogP contribution < -0.4 is 9.47 Å². The third kappa shape index (κ3) is 5.09. The molecule has 0 aliphatic rings. The van der Waals surface area contributed by atoms with Crippen LogP contribution >= 0.6 is 0 Å². The molecule has 0 aromatic heterocycles. The molecule has 2 unspecified atom stereocenters. The van der Waals surface area contributed by atoms with Crippen molar-refractivity contribution in [3.05, 3.63) is 72.3 Å². The fraction of sp³-hybridized carbons (Fsp3) is 0.250. The molecule has 132 valence electrons. The third-order valence-corrected chi connectivity index (χ3v) is 3.84. The topological polar surface area (TPSA) is 65.0 Å². The number of carbonyl (C=O) groups excluding carboxylic acids is 1.